The normalized spacial score (nSPS) is 19.3. The Balaban J connectivity index is 1.95. The molecule has 0 spiro atoms. The summed E-state index contributed by atoms with van der Waals surface area (Å²) in [6, 6.07) is 5.09. The molecule has 2 rings (SSSR count). The molecule has 0 saturated heterocycles. The highest BCUT2D eigenvalue weighted by Gasteiger charge is 2.49. The van der Waals surface area contributed by atoms with E-state index in [0.717, 1.165) is 25.9 Å². The molecule has 126 valence electrons. The fraction of sp³-hybridized carbons (Fsp3) is 0.529. The number of nitrogens with zero attached hydrogens (tertiary/aromatic N) is 1. The van der Waals surface area contributed by atoms with Crippen LogP contribution in [0.25, 0.3) is 0 Å². The standard InChI is InChI=1S/C17H22Cl2N2O2/c1-3-8-21(9-4-2)17(23)12-10-11(12)16(22)20-14-7-5-6-13(18)15(14)19/h5-7,11-12H,3-4,8-10H2,1-2H3,(H,20,22). The highest BCUT2D eigenvalue weighted by molar-refractivity contribution is 6.44. The van der Waals surface area contributed by atoms with Crippen molar-refractivity contribution in [2.45, 2.75) is 33.1 Å². The second-order valence-electron chi connectivity index (χ2n) is 5.86. The summed E-state index contributed by atoms with van der Waals surface area (Å²) in [5.41, 5.74) is 0.487. The molecule has 6 heteroatoms. The minimum Gasteiger partial charge on any atom is -0.342 e. The van der Waals surface area contributed by atoms with Crippen molar-refractivity contribution in [1.82, 2.24) is 4.90 Å². The van der Waals surface area contributed by atoms with Gasteiger partial charge in [-0.05, 0) is 31.4 Å². The Morgan fingerprint density at radius 3 is 2.43 bits per heavy atom. The van der Waals surface area contributed by atoms with Crippen molar-refractivity contribution in [3.8, 4) is 0 Å². The second kappa shape index (κ2) is 8.02. The van der Waals surface area contributed by atoms with Crippen LogP contribution in [0.15, 0.2) is 18.2 Å². The van der Waals surface area contributed by atoms with Gasteiger partial charge in [-0.25, -0.2) is 0 Å². The van der Waals surface area contributed by atoms with Gasteiger partial charge in [-0.2, -0.15) is 0 Å². The van der Waals surface area contributed by atoms with Crippen LogP contribution >= 0.6 is 23.2 Å². The molecule has 0 heterocycles. The highest BCUT2D eigenvalue weighted by Crippen LogP contribution is 2.41. The third kappa shape index (κ3) is 4.39. The Bertz CT molecular complexity index is 586. The summed E-state index contributed by atoms with van der Waals surface area (Å²) >= 11 is 12.0. The molecule has 0 aliphatic heterocycles. The number of hydrogen-bond acceptors (Lipinski definition) is 2. The Kier molecular flexibility index (Phi) is 6.31. The van der Waals surface area contributed by atoms with Gasteiger partial charge in [0.25, 0.3) is 0 Å². The molecular formula is C17H22Cl2N2O2. The number of carbonyl (C=O) groups is 2. The predicted molar refractivity (Wildman–Crippen MR) is 93.9 cm³/mol. The zero-order chi connectivity index (χ0) is 17.0. The zero-order valence-electron chi connectivity index (χ0n) is 13.4. The van der Waals surface area contributed by atoms with Gasteiger partial charge in [0, 0.05) is 13.1 Å². The van der Waals surface area contributed by atoms with E-state index in [4.69, 9.17) is 23.2 Å². The van der Waals surface area contributed by atoms with Crippen LogP contribution < -0.4 is 5.32 Å². The first-order valence-corrected chi connectivity index (χ1v) is 8.78. The number of hydrogen-bond donors (Lipinski definition) is 1. The SMILES string of the molecule is CCCN(CCC)C(=O)C1CC1C(=O)Nc1cccc(Cl)c1Cl. The summed E-state index contributed by atoms with van der Waals surface area (Å²) in [6.07, 6.45) is 2.45. The van der Waals surface area contributed by atoms with Crippen LogP contribution in [0.3, 0.4) is 0 Å². The Hall–Kier alpha value is -1.26. The summed E-state index contributed by atoms with van der Waals surface area (Å²) < 4.78 is 0. The minimum absolute atomic E-state index is 0.0889. The number of nitrogens with one attached hydrogen (secondary N) is 1. The van der Waals surface area contributed by atoms with Gasteiger partial charge < -0.3 is 10.2 Å². The number of halogens is 2. The van der Waals surface area contributed by atoms with Crippen molar-refractivity contribution in [1.29, 1.82) is 0 Å². The highest BCUT2D eigenvalue weighted by atomic mass is 35.5. The Morgan fingerprint density at radius 1 is 1.17 bits per heavy atom. The molecule has 1 N–H and O–H groups in total. The van der Waals surface area contributed by atoms with E-state index in [0.29, 0.717) is 22.2 Å². The Labute approximate surface area is 147 Å². The molecule has 1 saturated carbocycles. The quantitative estimate of drug-likeness (QED) is 0.794. The molecule has 2 unspecified atom stereocenters. The molecule has 1 aliphatic carbocycles. The molecule has 1 aromatic carbocycles. The van der Waals surface area contributed by atoms with Crippen LogP contribution in [0.4, 0.5) is 5.69 Å². The van der Waals surface area contributed by atoms with Crippen LogP contribution in [0, 0.1) is 11.8 Å². The van der Waals surface area contributed by atoms with Crippen LogP contribution in [0.1, 0.15) is 33.1 Å². The molecule has 1 aliphatic rings. The van der Waals surface area contributed by atoms with Crippen molar-refractivity contribution in [2.24, 2.45) is 11.8 Å². The van der Waals surface area contributed by atoms with E-state index >= 15 is 0 Å². The van der Waals surface area contributed by atoms with Crippen LogP contribution in [0.2, 0.25) is 10.0 Å². The molecule has 1 fully saturated rings. The van der Waals surface area contributed by atoms with Gasteiger partial charge in [-0.3, -0.25) is 9.59 Å². The minimum atomic E-state index is -0.270. The zero-order valence-corrected chi connectivity index (χ0v) is 15.0. The molecule has 4 nitrogen and oxygen atoms in total. The van der Waals surface area contributed by atoms with Gasteiger partial charge in [-0.1, -0.05) is 43.1 Å². The fourth-order valence-corrected chi connectivity index (χ4v) is 3.04. The van der Waals surface area contributed by atoms with Gasteiger partial charge in [0.2, 0.25) is 11.8 Å². The first-order valence-electron chi connectivity index (χ1n) is 8.03. The van der Waals surface area contributed by atoms with Crippen molar-refractivity contribution >= 4 is 40.7 Å². The fourth-order valence-electron chi connectivity index (χ4n) is 2.69. The summed E-state index contributed by atoms with van der Waals surface area (Å²) in [5, 5.41) is 3.49. The van der Waals surface area contributed by atoms with E-state index in [-0.39, 0.29) is 23.7 Å². The van der Waals surface area contributed by atoms with E-state index in [9.17, 15) is 9.59 Å². The van der Waals surface area contributed by atoms with Gasteiger partial charge in [0.05, 0.1) is 27.6 Å². The topological polar surface area (TPSA) is 49.4 Å². The van der Waals surface area contributed by atoms with Crippen molar-refractivity contribution in [3.05, 3.63) is 28.2 Å². The van der Waals surface area contributed by atoms with E-state index in [1.807, 2.05) is 18.7 Å². The summed E-state index contributed by atoms with van der Waals surface area (Å²) in [7, 11) is 0. The lowest BCUT2D eigenvalue weighted by molar-refractivity contribution is -0.134. The second-order valence-corrected chi connectivity index (χ2v) is 6.65. The van der Waals surface area contributed by atoms with Gasteiger partial charge in [0.15, 0.2) is 0 Å². The maximum Gasteiger partial charge on any atom is 0.228 e. The lowest BCUT2D eigenvalue weighted by Crippen LogP contribution is -2.34. The molecule has 1 aromatic rings. The predicted octanol–water partition coefficient (Wildman–Crippen LogP) is 4.22. The third-order valence-electron chi connectivity index (χ3n) is 3.95. The van der Waals surface area contributed by atoms with Crippen LogP contribution in [-0.2, 0) is 9.59 Å². The van der Waals surface area contributed by atoms with E-state index in [1.54, 1.807) is 18.2 Å². The van der Waals surface area contributed by atoms with Crippen molar-refractivity contribution in [2.75, 3.05) is 18.4 Å². The molecule has 23 heavy (non-hydrogen) atoms. The van der Waals surface area contributed by atoms with E-state index in [2.05, 4.69) is 5.32 Å². The summed E-state index contributed by atoms with van der Waals surface area (Å²) in [6.45, 7) is 5.59. The molecule has 2 atom stereocenters. The van der Waals surface area contributed by atoms with Crippen molar-refractivity contribution < 1.29 is 9.59 Å². The average Bonchev–Trinajstić information content (AvgIpc) is 3.31. The lowest BCUT2D eigenvalue weighted by Gasteiger charge is -2.21. The van der Waals surface area contributed by atoms with Gasteiger partial charge in [0.1, 0.15) is 0 Å². The smallest absolute Gasteiger partial charge is 0.228 e. The average molecular weight is 357 g/mol. The van der Waals surface area contributed by atoms with Crippen molar-refractivity contribution in [3.63, 3.8) is 0 Å². The number of carbonyl (C=O) groups excluding carboxylic acids is 2. The van der Waals surface area contributed by atoms with Gasteiger partial charge in [-0.15, -0.1) is 0 Å². The monoisotopic (exact) mass is 356 g/mol. The first kappa shape index (κ1) is 18.1. The third-order valence-corrected chi connectivity index (χ3v) is 4.77. The first-order chi connectivity index (χ1) is 11.0. The molecular weight excluding hydrogens is 335 g/mol. The summed E-state index contributed by atoms with van der Waals surface area (Å²) in [5.74, 6) is -0.550. The maximum atomic E-state index is 12.5. The summed E-state index contributed by atoms with van der Waals surface area (Å²) in [4.78, 5) is 26.6. The molecule has 2 amide bonds. The maximum absolute atomic E-state index is 12.5. The van der Waals surface area contributed by atoms with Crippen LogP contribution in [-0.4, -0.2) is 29.8 Å². The van der Waals surface area contributed by atoms with E-state index < -0.39 is 0 Å². The molecule has 0 aromatic heterocycles. The largest absolute Gasteiger partial charge is 0.342 e. The number of amides is 2. The Morgan fingerprint density at radius 2 is 1.83 bits per heavy atom. The van der Waals surface area contributed by atoms with E-state index in [1.165, 1.54) is 0 Å². The molecule has 0 radical (unpaired) electrons. The van der Waals surface area contributed by atoms with Gasteiger partial charge >= 0.3 is 0 Å². The number of benzene rings is 1. The lowest BCUT2D eigenvalue weighted by atomic mass is 10.2. The molecule has 0 bridgehead atoms. The number of anilines is 1. The number of rotatable bonds is 7. The van der Waals surface area contributed by atoms with Crippen LogP contribution in [0.5, 0.6) is 0 Å².